The number of rotatable bonds is 4. The Labute approximate surface area is 101 Å². The monoisotopic (exact) mass is 261 g/mol. The Hall–Kier alpha value is -0.920. The summed E-state index contributed by atoms with van der Waals surface area (Å²) in [4.78, 5) is 0.0924. The SMILES string of the molecule is Cc1[nH]ncc1S(=O)(=O)NC(C)(C)C(C)(C)O. The number of aliphatic hydroxyl groups is 1. The third kappa shape index (κ3) is 2.85. The van der Waals surface area contributed by atoms with Crippen LogP contribution in [0.2, 0.25) is 0 Å². The fourth-order valence-electron chi connectivity index (χ4n) is 1.13. The van der Waals surface area contributed by atoms with E-state index in [-0.39, 0.29) is 4.90 Å². The average molecular weight is 261 g/mol. The summed E-state index contributed by atoms with van der Waals surface area (Å²) in [6.45, 7) is 7.98. The van der Waals surface area contributed by atoms with Gasteiger partial charge < -0.3 is 5.11 Å². The van der Waals surface area contributed by atoms with E-state index >= 15 is 0 Å². The van der Waals surface area contributed by atoms with Crippen molar-refractivity contribution in [3.63, 3.8) is 0 Å². The lowest BCUT2D eigenvalue weighted by atomic mass is 9.87. The van der Waals surface area contributed by atoms with E-state index in [1.165, 1.54) is 6.20 Å². The van der Waals surface area contributed by atoms with Crippen LogP contribution in [0.1, 0.15) is 33.4 Å². The third-order valence-corrected chi connectivity index (χ3v) is 4.76. The first-order valence-corrected chi connectivity index (χ1v) is 6.72. The number of nitrogens with one attached hydrogen (secondary N) is 2. The molecule has 1 heterocycles. The first-order valence-electron chi connectivity index (χ1n) is 5.24. The van der Waals surface area contributed by atoms with Gasteiger partial charge >= 0.3 is 0 Å². The van der Waals surface area contributed by atoms with E-state index in [1.54, 1.807) is 34.6 Å². The summed E-state index contributed by atoms with van der Waals surface area (Å²) in [5.74, 6) is 0. The zero-order valence-electron chi connectivity index (χ0n) is 10.7. The van der Waals surface area contributed by atoms with Crippen LogP contribution in [0.25, 0.3) is 0 Å². The third-order valence-electron chi connectivity index (χ3n) is 2.99. The van der Waals surface area contributed by atoms with Crippen LogP contribution in [0.3, 0.4) is 0 Å². The van der Waals surface area contributed by atoms with E-state index < -0.39 is 21.2 Å². The number of hydrogen-bond acceptors (Lipinski definition) is 4. The first kappa shape index (κ1) is 14.1. The minimum Gasteiger partial charge on any atom is -0.389 e. The molecule has 0 aliphatic rings. The summed E-state index contributed by atoms with van der Waals surface area (Å²) in [6, 6.07) is 0. The summed E-state index contributed by atoms with van der Waals surface area (Å²) in [6.07, 6.45) is 1.25. The number of aromatic amines is 1. The topological polar surface area (TPSA) is 95.1 Å². The molecule has 3 N–H and O–H groups in total. The van der Waals surface area contributed by atoms with Crippen LogP contribution in [0.4, 0.5) is 0 Å². The molecule has 0 atom stereocenters. The molecule has 0 radical (unpaired) electrons. The van der Waals surface area contributed by atoms with Gasteiger partial charge in [-0.1, -0.05) is 0 Å². The number of sulfonamides is 1. The van der Waals surface area contributed by atoms with E-state index in [2.05, 4.69) is 14.9 Å². The molecule has 1 aromatic rings. The average Bonchev–Trinajstić information content (AvgIpc) is 2.47. The summed E-state index contributed by atoms with van der Waals surface area (Å²) < 4.78 is 26.7. The normalized spacial score (nSPS) is 14.0. The lowest BCUT2D eigenvalue weighted by Crippen LogP contribution is -2.57. The highest BCUT2D eigenvalue weighted by Crippen LogP contribution is 2.23. The number of H-pyrrole nitrogens is 1. The van der Waals surface area contributed by atoms with Crippen LogP contribution in [0.15, 0.2) is 11.1 Å². The highest BCUT2D eigenvalue weighted by molar-refractivity contribution is 7.89. The van der Waals surface area contributed by atoms with Crippen molar-refractivity contribution in [1.82, 2.24) is 14.9 Å². The van der Waals surface area contributed by atoms with Crippen molar-refractivity contribution in [2.24, 2.45) is 0 Å². The first-order chi connectivity index (χ1) is 7.47. The molecule has 0 saturated heterocycles. The van der Waals surface area contributed by atoms with Gasteiger partial charge in [0.1, 0.15) is 4.90 Å². The van der Waals surface area contributed by atoms with Crippen molar-refractivity contribution in [2.75, 3.05) is 0 Å². The zero-order chi connectivity index (χ0) is 13.5. The van der Waals surface area contributed by atoms with Crippen LogP contribution in [-0.2, 0) is 10.0 Å². The number of aromatic nitrogens is 2. The predicted molar refractivity (Wildman–Crippen MR) is 64.0 cm³/mol. The molecule has 0 saturated carbocycles. The summed E-state index contributed by atoms with van der Waals surface area (Å²) in [7, 11) is -3.69. The Kier molecular flexibility index (Phi) is 3.39. The molecule has 0 unspecified atom stereocenters. The minimum absolute atomic E-state index is 0.0924. The fraction of sp³-hybridized carbons (Fsp3) is 0.700. The Morgan fingerprint density at radius 3 is 2.24 bits per heavy atom. The molecule has 0 fully saturated rings. The Morgan fingerprint density at radius 1 is 1.35 bits per heavy atom. The molecule has 0 bridgehead atoms. The summed E-state index contributed by atoms with van der Waals surface area (Å²) in [5, 5.41) is 16.2. The van der Waals surface area contributed by atoms with Crippen molar-refractivity contribution in [2.45, 2.75) is 50.7 Å². The van der Waals surface area contributed by atoms with Gasteiger partial charge in [0.25, 0.3) is 0 Å². The maximum atomic E-state index is 12.1. The van der Waals surface area contributed by atoms with Crippen molar-refractivity contribution in [1.29, 1.82) is 0 Å². The molecular formula is C10H19N3O3S. The van der Waals surface area contributed by atoms with Gasteiger partial charge in [-0.25, -0.2) is 13.1 Å². The van der Waals surface area contributed by atoms with Crippen molar-refractivity contribution < 1.29 is 13.5 Å². The lowest BCUT2D eigenvalue weighted by molar-refractivity contribution is 0.00638. The lowest BCUT2D eigenvalue weighted by Gasteiger charge is -2.37. The Balaban J connectivity index is 3.08. The largest absolute Gasteiger partial charge is 0.389 e. The summed E-state index contributed by atoms with van der Waals surface area (Å²) in [5.41, 5.74) is -1.71. The standard InChI is InChI=1S/C10H19N3O3S/c1-7-8(6-11-12-7)17(15,16)13-9(2,3)10(4,5)14/h6,13-14H,1-5H3,(H,11,12). The van der Waals surface area contributed by atoms with Crippen molar-refractivity contribution >= 4 is 10.0 Å². The quantitative estimate of drug-likeness (QED) is 0.737. The van der Waals surface area contributed by atoms with Crippen LogP contribution in [0.5, 0.6) is 0 Å². The van der Waals surface area contributed by atoms with Gasteiger partial charge in [0.2, 0.25) is 10.0 Å². The van der Waals surface area contributed by atoms with Crippen LogP contribution in [-0.4, -0.2) is 34.9 Å². The molecule has 6 nitrogen and oxygen atoms in total. The molecule has 0 amide bonds. The second-order valence-electron chi connectivity index (χ2n) is 5.15. The maximum Gasteiger partial charge on any atom is 0.244 e. The smallest absolute Gasteiger partial charge is 0.244 e. The number of aryl methyl sites for hydroxylation is 1. The van der Waals surface area contributed by atoms with Crippen molar-refractivity contribution in [3.05, 3.63) is 11.9 Å². The van der Waals surface area contributed by atoms with E-state index in [9.17, 15) is 13.5 Å². The molecule has 17 heavy (non-hydrogen) atoms. The van der Waals surface area contributed by atoms with Gasteiger partial charge in [-0.05, 0) is 34.6 Å². The van der Waals surface area contributed by atoms with Gasteiger partial charge in [0.05, 0.1) is 23.0 Å². The second-order valence-corrected chi connectivity index (χ2v) is 6.80. The molecule has 0 spiro atoms. The van der Waals surface area contributed by atoms with E-state index in [1.807, 2.05) is 0 Å². The van der Waals surface area contributed by atoms with Crippen LogP contribution >= 0.6 is 0 Å². The van der Waals surface area contributed by atoms with Crippen LogP contribution < -0.4 is 4.72 Å². The highest BCUT2D eigenvalue weighted by Gasteiger charge is 2.39. The molecule has 0 aliphatic heterocycles. The van der Waals surface area contributed by atoms with Gasteiger partial charge in [0.15, 0.2) is 0 Å². The van der Waals surface area contributed by atoms with Crippen molar-refractivity contribution in [3.8, 4) is 0 Å². The Morgan fingerprint density at radius 2 is 1.88 bits per heavy atom. The highest BCUT2D eigenvalue weighted by atomic mass is 32.2. The molecule has 1 rings (SSSR count). The Bertz CT molecular complexity index is 497. The number of hydrogen-bond donors (Lipinski definition) is 3. The van der Waals surface area contributed by atoms with Gasteiger partial charge in [-0.15, -0.1) is 0 Å². The zero-order valence-corrected chi connectivity index (χ0v) is 11.5. The number of nitrogens with zero attached hydrogens (tertiary/aromatic N) is 1. The van der Waals surface area contributed by atoms with Gasteiger partial charge in [-0.2, -0.15) is 5.10 Å². The summed E-state index contributed by atoms with van der Waals surface area (Å²) >= 11 is 0. The predicted octanol–water partition coefficient (Wildman–Crippen LogP) is 0.546. The minimum atomic E-state index is -3.69. The molecule has 1 aromatic heterocycles. The van der Waals surface area contributed by atoms with E-state index in [0.29, 0.717) is 5.69 Å². The molecule has 0 aromatic carbocycles. The fourth-order valence-corrected chi connectivity index (χ4v) is 2.80. The molecule has 98 valence electrons. The van der Waals surface area contributed by atoms with E-state index in [4.69, 9.17) is 0 Å². The van der Waals surface area contributed by atoms with Crippen LogP contribution in [0, 0.1) is 6.92 Å². The second kappa shape index (κ2) is 4.08. The van der Waals surface area contributed by atoms with E-state index in [0.717, 1.165) is 0 Å². The van der Waals surface area contributed by atoms with Gasteiger partial charge in [0, 0.05) is 0 Å². The maximum absolute atomic E-state index is 12.1. The molecule has 7 heteroatoms. The van der Waals surface area contributed by atoms with Gasteiger partial charge in [-0.3, -0.25) is 5.10 Å². The molecule has 0 aliphatic carbocycles. The molecular weight excluding hydrogens is 242 g/mol.